The standard InChI is InChI=1S/C19H20N6/c1-13-4-2-3-5-16(13)24-11-18-20-8-9-25(18)19(12-24)21-17-10-15(22-23-17)14-6-7-14/h2-5,8-10,14H,6-7,11-12H2,1H3,(H,22,23). The maximum atomic E-state index is 4.82. The van der Waals surface area contributed by atoms with Crippen molar-refractivity contribution in [2.45, 2.75) is 32.2 Å². The lowest BCUT2D eigenvalue weighted by Crippen LogP contribution is -2.39. The number of fused-ring (bicyclic) bond motifs is 1. The molecule has 3 heterocycles. The van der Waals surface area contributed by atoms with Crippen molar-refractivity contribution >= 4 is 17.3 Å². The molecule has 2 aromatic heterocycles. The van der Waals surface area contributed by atoms with Gasteiger partial charge in [0, 0.05) is 35.8 Å². The second-order valence-electron chi connectivity index (χ2n) is 6.84. The van der Waals surface area contributed by atoms with E-state index in [1.165, 1.54) is 29.8 Å². The van der Waals surface area contributed by atoms with E-state index in [4.69, 9.17) is 4.99 Å². The molecule has 25 heavy (non-hydrogen) atoms. The Morgan fingerprint density at radius 1 is 1.20 bits per heavy atom. The first-order valence-electron chi connectivity index (χ1n) is 8.74. The minimum Gasteiger partial charge on any atom is -0.356 e. The molecule has 1 aromatic carbocycles. The number of rotatable bonds is 3. The Morgan fingerprint density at radius 3 is 2.92 bits per heavy atom. The van der Waals surface area contributed by atoms with Crippen molar-refractivity contribution in [3.05, 3.63) is 59.8 Å². The monoisotopic (exact) mass is 332 g/mol. The van der Waals surface area contributed by atoms with Gasteiger partial charge in [0.15, 0.2) is 5.82 Å². The third-order valence-corrected chi connectivity index (χ3v) is 4.96. The van der Waals surface area contributed by atoms with E-state index in [1.807, 2.05) is 12.4 Å². The van der Waals surface area contributed by atoms with Crippen molar-refractivity contribution in [2.75, 3.05) is 11.4 Å². The highest BCUT2D eigenvalue weighted by Crippen LogP contribution is 2.39. The summed E-state index contributed by atoms with van der Waals surface area (Å²) in [5.74, 6) is 3.37. The minimum atomic E-state index is 0.653. The molecule has 0 unspecified atom stereocenters. The summed E-state index contributed by atoms with van der Waals surface area (Å²) in [6.07, 6.45) is 6.33. The molecule has 6 heteroatoms. The van der Waals surface area contributed by atoms with Crippen molar-refractivity contribution in [3.63, 3.8) is 0 Å². The first kappa shape index (κ1) is 14.5. The molecule has 1 fully saturated rings. The summed E-state index contributed by atoms with van der Waals surface area (Å²) < 4.78 is 2.08. The molecule has 1 aliphatic carbocycles. The summed E-state index contributed by atoms with van der Waals surface area (Å²) in [5, 5.41) is 7.51. The van der Waals surface area contributed by atoms with Gasteiger partial charge in [-0.15, -0.1) is 0 Å². The molecule has 6 nitrogen and oxygen atoms in total. The molecule has 1 aliphatic heterocycles. The van der Waals surface area contributed by atoms with Crippen molar-refractivity contribution in [1.29, 1.82) is 0 Å². The molecule has 0 saturated heterocycles. The van der Waals surface area contributed by atoms with Crippen LogP contribution in [0, 0.1) is 6.92 Å². The number of aromatic nitrogens is 4. The van der Waals surface area contributed by atoms with Crippen LogP contribution < -0.4 is 4.90 Å². The molecule has 3 aromatic rings. The molecule has 5 rings (SSSR count). The lowest BCUT2D eigenvalue weighted by atomic mass is 10.1. The van der Waals surface area contributed by atoms with E-state index >= 15 is 0 Å². The molecule has 2 aliphatic rings. The smallest absolute Gasteiger partial charge is 0.175 e. The van der Waals surface area contributed by atoms with Crippen LogP contribution in [0.5, 0.6) is 0 Å². The average molecular weight is 332 g/mol. The Bertz CT molecular complexity index is 946. The summed E-state index contributed by atoms with van der Waals surface area (Å²) in [6.45, 7) is 3.66. The Kier molecular flexibility index (Phi) is 3.23. The van der Waals surface area contributed by atoms with Gasteiger partial charge >= 0.3 is 0 Å². The van der Waals surface area contributed by atoms with Crippen LogP contribution >= 0.6 is 0 Å². The number of imidazole rings is 1. The first-order chi connectivity index (χ1) is 12.3. The number of anilines is 1. The van der Waals surface area contributed by atoms with Gasteiger partial charge in [0.25, 0.3) is 0 Å². The van der Waals surface area contributed by atoms with Crippen LogP contribution in [-0.2, 0) is 6.54 Å². The summed E-state index contributed by atoms with van der Waals surface area (Å²) >= 11 is 0. The lowest BCUT2D eigenvalue weighted by Gasteiger charge is -2.31. The first-order valence-corrected chi connectivity index (χ1v) is 8.74. The van der Waals surface area contributed by atoms with Gasteiger partial charge in [-0.1, -0.05) is 18.2 Å². The van der Waals surface area contributed by atoms with E-state index in [9.17, 15) is 0 Å². The SMILES string of the molecule is Cc1ccccc1N1CC(=Nc2cc(C3CC3)[nH]n2)n2ccnc2C1. The molecule has 126 valence electrons. The van der Waals surface area contributed by atoms with Crippen LogP contribution in [0.2, 0.25) is 0 Å². The average Bonchev–Trinajstić information content (AvgIpc) is 3.17. The van der Waals surface area contributed by atoms with Crippen LogP contribution in [0.25, 0.3) is 0 Å². The zero-order valence-electron chi connectivity index (χ0n) is 14.2. The molecule has 1 N–H and O–H groups in total. The van der Waals surface area contributed by atoms with Crippen molar-refractivity contribution in [3.8, 4) is 0 Å². The van der Waals surface area contributed by atoms with Crippen LogP contribution in [0.3, 0.4) is 0 Å². The molecule has 0 spiro atoms. The number of aryl methyl sites for hydroxylation is 1. The summed E-state index contributed by atoms with van der Waals surface area (Å²) in [5.41, 5.74) is 3.69. The Hall–Kier alpha value is -2.89. The summed E-state index contributed by atoms with van der Waals surface area (Å²) in [6, 6.07) is 10.5. The van der Waals surface area contributed by atoms with E-state index in [2.05, 4.69) is 61.9 Å². The van der Waals surface area contributed by atoms with Gasteiger partial charge in [-0.2, -0.15) is 5.10 Å². The molecule has 1 saturated carbocycles. The number of hydrogen-bond acceptors (Lipinski definition) is 4. The second kappa shape index (κ2) is 5.58. The van der Waals surface area contributed by atoms with Crippen LogP contribution in [0.15, 0.2) is 47.7 Å². The fourth-order valence-corrected chi connectivity index (χ4v) is 3.46. The predicted molar refractivity (Wildman–Crippen MR) is 97.5 cm³/mol. The number of hydrogen-bond donors (Lipinski definition) is 1. The molecule has 0 atom stereocenters. The third kappa shape index (κ3) is 2.63. The van der Waals surface area contributed by atoms with Gasteiger partial charge in [-0.05, 0) is 31.4 Å². The van der Waals surface area contributed by atoms with Gasteiger partial charge in [0.1, 0.15) is 11.7 Å². The number of aliphatic imine (C=N–C) groups is 1. The fraction of sp³-hybridized carbons (Fsp3) is 0.316. The molecular formula is C19H20N6. The van der Waals surface area contributed by atoms with E-state index in [1.54, 1.807) is 0 Å². The van der Waals surface area contributed by atoms with Crippen LogP contribution in [0.1, 0.15) is 35.8 Å². The normalized spacial score (nSPS) is 18.6. The largest absolute Gasteiger partial charge is 0.356 e. The number of nitrogens with one attached hydrogen (secondary N) is 1. The zero-order valence-corrected chi connectivity index (χ0v) is 14.2. The topological polar surface area (TPSA) is 62.1 Å². The zero-order chi connectivity index (χ0) is 16.8. The maximum Gasteiger partial charge on any atom is 0.175 e. The summed E-state index contributed by atoms with van der Waals surface area (Å²) in [7, 11) is 0. The van der Waals surface area contributed by atoms with Crippen molar-refractivity contribution in [2.24, 2.45) is 4.99 Å². The van der Waals surface area contributed by atoms with Crippen molar-refractivity contribution in [1.82, 2.24) is 19.7 Å². The predicted octanol–water partition coefficient (Wildman–Crippen LogP) is 3.39. The Labute approximate surface area is 146 Å². The highest BCUT2D eigenvalue weighted by molar-refractivity contribution is 5.92. The lowest BCUT2D eigenvalue weighted by molar-refractivity contribution is 0.751. The Balaban J connectivity index is 1.51. The van der Waals surface area contributed by atoms with E-state index in [0.717, 1.165) is 30.6 Å². The third-order valence-electron chi connectivity index (χ3n) is 4.96. The number of benzene rings is 1. The number of para-hydroxylation sites is 1. The number of aromatic amines is 1. The number of nitrogens with zero attached hydrogens (tertiary/aromatic N) is 5. The highest BCUT2D eigenvalue weighted by Gasteiger charge is 2.26. The van der Waals surface area contributed by atoms with Crippen molar-refractivity contribution < 1.29 is 0 Å². The van der Waals surface area contributed by atoms with Gasteiger partial charge in [-0.3, -0.25) is 9.67 Å². The quantitative estimate of drug-likeness (QED) is 0.800. The summed E-state index contributed by atoms with van der Waals surface area (Å²) in [4.78, 5) is 11.7. The molecule has 0 radical (unpaired) electrons. The van der Waals surface area contributed by atoms with Gasteiger partial charge in [0.2, 0.25) is 0 Å². The van der Waals surface area contributed by atoms with Gasteiger partial charge < -0.3 is 4.90 Å². The number of H-pyrrole nitrogens is 1. The highest BCUT2D eigenvalue weighted by atomic mass is 15.3. The van der Waals surface area contributed by atoms with Crippen LogP contribution in [-0.4, -0.2) is 32.1 Å². The minimum absolute atomic E-state index is 0.653. The van der Waals surface area contributed by atoms with Gasteiger partial charge in [-0.25, -0.2) is 9.98 Å². The van der Waals surface area contributed by atoms with Gasteiger partial charge in [0.05, 0.1) is 13.1 Å². The van der Waals surface area contributed by atoms with E-state index in [-0.39, 0.29) is 0 Å². The molecule has 0 bridgehead atoms. The molecule has 0 amide bonds. The Morgan fingerprint density at radius 2 is 2.08 bits per heavy atom. The maximum absolute atomic E-state index is 4.82. The van der Waals surface area contributed by atoms with E-state index < -0.39 is 0 Å². The molecular weight excluding hydrogens is 312 g/mol. The van der Waals surface area contributed by atoms with Crippen LogP contribution in [0.4, 0.5) is 11.5 Å². The van der Waals surface area contributed by atoms with E-state index in [0.29, 0.717) is 5.92 Å². The fourth-order valence-electron chi connectivity index (χ4n) is 3.46. The second-order valence-corrected chi connectivity index (χ2v) is 6.84.